The Hall–Kier alpha value is -1.06. The molecule has 0 aromatic heterocycles. The molecule has 2 N–H and O–H groups in total. The fourth-order valence-electron chi connectivity index (χ4n) is 2.50. The van der Waals surface area contributed by atoms with Crippen molar-refractivity contribution in [1.82, 2.24) is 5.32 Å². The van der Waals surface area contributed by atoms with E-state index in [9.17, 15) is 9.59 Å². The normalized spacial score (nSPS) is 30.5. The van der Waals surface area contributed by atoms with Gasteiger partial charge in [-0.2, -0.15) is 0 Å². The predicted molar refractivity (Wildman–Crippen MR) is 63.3 cm³/mol. The molecular weight excluding hydrogens is 218 g/mol. The second kappa shape index (κ2) is 4.67. The predicted octanol–water partition coefficient (Wildman–Crippen LogP) is 1.65. The largest absolute Gasteiger partial charge is 0.480 e. The van der Waals surface area contributed by atoms with E-state index in [0.717, 1.165) is 18.8 Å². The zero-order valence-corrected chi connectivity index (χ0v) is 10.5. The molecule has 0 heterocycles. The molecule has 96 valence electrons. The lowest BCUT2D eigenvalue weighted by Gasteiger charge is -2.20. The molecule has 0 radical (unpaired) electrons. The molecule has 2 unspecified atom stereocenters. The van der Waals surface area contributed by atoms with Gasteiger partial charge in [0.15, 0.2) is 0 Å². The minimum atomic E-state index is -0.920. The standard InChI is InChI=1S/C13H21NO3/c1-3-7(2)11(13(16)17)14-12(15)10-6-9(10)8-4-5-8/h7-11H,3-6H2,1-2H3,(H,14,15)(H,16,17)/t7-,9?,10?,11-/m0/s1. The maximum atomic E-state index is 11.9. The second-order valence-corrected chi connectivity index (χ2v) is 5.55. The van der Waals surface area contributed by atoms with Crippen LogP contribution in [-0.4, -0.2) is 23.0 Å². The fraction of sp³-hybridized carbons (Fsp3) is 0.846. The molecule has 4 heteroatoms. The molecule has 0 aliphatic heterocycles. The minimum Gasteiger partial charge on any atom is -0.480 e. The van der Waals surface area contributed by atoms with Gasteiger partial charge in [-0.25, -0.2) is 4.79 Å². The highest BCUT2D eigenvalue weighted by Gasteiger charge is 2.51. The van der Waals surface area contributed by atoms with E-state index >= 15 is 0 Å². The number of carbonyl (C=O) groups is 2. The third kappa shape index (κ3) is 2.79. The molecule has 4 nitrogen and oxygen atoms in total. The Labute approximate surface area is 102 Å². The number of amides is 1. The van der Waals surface area contributed by atoms with Crippen molar-refractivity contribution in [3.05, 3.63) is 0 Å². The number of hydrogen-bond acceptors (Lipinski definition) is 2. The summed E-state index contributed by atoms with van der Waals surface area (Å²) < 4.78 is 0. The van der Waals surface area contributed by atoms with Crippen LogP contribution in [0.1, 0.15) is 39.5 Å². The van der Waals surface area contributed by atoms with Crippen molar-refractivity contribution in [3.63, 3.8) is 0 Å². The van der Waals surface area contributed by atoms with E-state index in [0.29, 0.717) is 5.92 Å². The highest BCUT2D eigenvalue weighted by Crippen LogP contribution is 2.54. The Bertz CT molecular complexity index is 325. The molecule has 0 aromatic carbocycles. The van der Waals surface area contributed by atoms with Crippen molar-refractivity contribution in [2.24, 2.45) is 23.7 Å². The first-order valence-corrected chi connectivity index (χ1v) is 6.57. The Kier molecular flexibility index (Phi) is 3.40. The van der Waals surface area contributed by atoms with Crippen LogP contribution in [0.2, 0.25) is 0 Å². The number of carboxylic acid groups (broad SMARTS) is 1. The molecule has 1 amide bonds. The van der Waals surface area contributed by atoms with Crippen molar-refractivity contribution < 1.29 is 14.7 Å². The third-order valence-corrected chi connectivity index (χ3v) is 4.18. The summed E-state index contributed by atoms with van der Waals surface area (Å²) in [5.74, 6) is 0.396. The smallest absolute Gasteiger partial charge is 0.326 e. The van der Waals surface area contributed by atoms with Gasteiger partial charge in [-0.05, 0) is 37.0 Å². The fourth-order valence-corrected chi connectivity index (χ4v) is 2.50. The molecular formula is C13H21NO3. The van der Waals surface area contributed by atoms with Gasteiger partial charge in [-0.3, -0.25) is 4.79 Å². The molecule has 4 atom stereocenters. The van der Waals surface area contributed by atoms with E-state index in [1.54, 1.807) is 0 Å². The lowest BCUT2D eigenvalue weighted by atomic mass is 9.99. The van der Waals surface area contributed by atoms with Gasteiger partial charge < -0.3 is 10.4 Å². The van der Waals surface area contributed by atoms with E-state index < -0.39 is 12.0 Å². The highest BCUT2D eigenvalue weighted by atomic mass is 16.4. The average Bonchev–Trinajstić information content (AvgIpc) is 3.14. The Morgan fingerprint density at radius 1 is 1.41 bits per heavy atom. The lowest BCUT2D eigenvalue weighted by Crippen LogP contribution is -2.45. The van der Waals surface area contributed by atoms with E-state index in [4.69, 9.17) is 5.11 Å². The molecule has 0 bridgehead atoms. The highest BCUT2D eigenvalue weighted by molar-refractivity contribution is 5.86. The van der Waals surface area contributed by atoms with Crippen LogP contribution in [0.3, 0.4) is 0 Å². The van der Waals surface area contributed by atoms with Crippen molar-refractivity contribution in [1.29, 1.82) is 0 Å². The number of hydrogen-bond donors (Lipinski definition) is 2. The number of nitrogens with one attached hydrogen (secondary N) is 1. The second-order valence-electron chi connectivity index (χ2n) is 5.55. The van der Waals surface area contributed by atoms with Gasteiger partial charge in [0.05, 0.1) is 0 Å². The van der Waals surface area contributed by atoms with E-state index in [1.165, 1.54) is 12.8 Å². The summed E-state index contributed by atoms with van der Waals surface area (Å²) in [6.45, 7) is 3.81. The van der Waals surface area contributed by atoms with Crippen molar-refractivity contribution >= 4 is 11.9 Å². The summed E-state index contributed by atoms with van der Waals surface area (Å²) in [5.41, 5.74) is 0. The first kappa shape index (κ1) is 12.4. The lowest BCUT2D eigenvalue weighted by molar-refractivity contribution is -0.143. The van der Waals surface area contributed by atoms with Gasteiger partial charge in [0.25, 0.3) is 0 Å². The quantitative estimate of drug-likeness (QED) is 0.740. The molecule has 17 heavy (non-hydrogen) atoms. The van der Waals surface area contributed by atoms with Crippen LogP contribution in [0.5, 0.6) is 0 Å². The summed E-state index contributed by atoms with van der Waals surface area (Å²) in [5, 5.41) is 11.8. The van der Waals surface area contributed by atoms with Crippen molar-refractivity contribution in [2.45, 2.75) is 45.6 Å². The van der Waals surface area contributed by atoms with Crippen molar-refractivity contribution in [2.75, 3.05) is 0 Å². The van der Waals surface area contributed by atoms with E-state index in [-0.39, 0.29) is 17.7 Å². The maximum absolute atomic E-state index is 11.9. The summed E-state index contributed by atoms with van der Waals surface area (Å²) in [4.78, 5) is 23.0. The zero-order valence-electron chi connectivity index (χ0n) is 10.5. The van der Waals surface area contributed by atoms with Gasteiger partial charge in [-0.1, -0.05) is 20.3 Å². The van der Waals surface area contributed by atoms with Crippen LogP contribution >= 0.6 is 0 Å². The zero-order chi connectivity index (χ0) is 12.6. The molecule has 2 aliphatic carbocycles. The molecule has 0 saturated heterocycles. The van der Waals surface area contributed by atoms with Crippen LogP contribution < -0.4 is 5.32 Å². The van der Waals surface area contributed by atoms with Crippen LogP contribution in [0.15, 0.2) is 0 Å². The van der Waals surface area contributed by atoms with Crippen LogP contribution in [0.25, 0.3) is 0 Å². The van der Waals surface area contributed by atoms with Gasteiger partial charge >= 0.3 is 5.97 Å². The van der Waals surface area contributed by atoms with Crippen LogP contribution in [0.4, 0.5) is 0 Å². The summed E-state index contributed by atoms with van der Waals surface area (Å²) in [6, 6.07) is -0.729. The van der Waals surface area contributed by atoms with E-state index in [2.05, 4.69) is 5.32 Å². The third-order valence-electron chi connectivity index (χ3n) is 4.18. The number of carboxylic acids is 1. The molecule has 2 saturated carbocycles. The van der Waals surface area contributed by atoms with Crippen LogP contribution in [-0.2, 0) is 9.59 Å². The SMILES string of the molecule is CC[C@H](C)[C@H](NC(=O)C1CC1C1CC1)C(=O)O. The average molecular weight is 239 g/mol. The Morgan fingerprint density at radius 3 is 2.53 bits per heavy atom. The van der Waals surface area contributed by atoms with Gasteiger partial charge in [0, 0.05) is 5.92 Å². The number of aliphatic carboxylic acids is 1. The molecule has 0 aromatic rings. The topological polar surface area (TPSA) is 66.4 Å². The van der Waals surface area contributed by atoms with Crippen LogP contribution in [0, 0.1) is 23.7 Å². The van der Waals surface area contributed by atoms with Crippen molar-refractivity contribution in [3.8, 4) is 0 Å². The Balaban J connectivity index is 1.85. The van der Waals surface area contributed by atoms with Gasteiger partial charge in [0.2, 0.25) is 5.91 Å². The van der Waals surface area contributed by atoms with E-state index in [1.807, 2.05) is 13.8 Å². The molecule has 2 aliphatic rings. The summed E-state index contributed by atoms with van der Waals surface area (Å²) >= 11 is 0. The number of carbonyl (C=O) groups excluding carboxylic acids is 1. The maximum Gasteiger partial charge on any atom is 0.326 e. The molecule has 0 spiro atoms. The van der Waals surface area contributed by atoms with Gasteiger partial charge in [0.1, 0.15) is 6.04 Å². The Morgan fingerprint density at radius 2 is 2.06 bits per heavy atom. The molecule has 2 rings (SSSR count). The minimum absolute atomic E-state index is 0.0189. The molecule has 2 fully saturated rings. The first-order valence-electron chi connectivity index (χ1n) is 6.57. The first-order chi connectivity index (χ1) is 8.04. The monoisotopic (exact) mass is 239 g/mol. The number of rotatable bonds is 6. The summed E-state index contributed by atoms with van der Waals surface area (Å²) in [6.07, 6.45) is 4.22. The van der Waals surface area contributed by atoms with Gasteiger partial charge in [-0.15, -0.1) is 0 Å². The summed E-state index contributed by atoms with van der Waals surface area (Å²) in [7, 11) is 0.